The average Bonchev–Trinajstić information content (AvgIpc) is 2.38. The van der Waals surface area contributed by atoms with Crippen molar-refractivity contribution in [3.8, 4) is 11.6 Å². The lowest BCUT2D eigenvalue weighted by Gasteiger charge is -2.09. The van der Waals surface area contributed by atoms with Crippen LogP contribution in [-0.4, -0.2) is 12.0 Å². The summed E-state index contributed by atoms with van der Waals surface area (Å²) in [5.41, 5.74) is 1.72. The quantitative estimate of drug-likeness (QED) is 0.918. The van der Waals surface area contributed by atoms with Gasteiger partial charge in [-0.2, -0.15) is 0 Å². The van der Waals surface area contributed by atoms with Crippen LogP contribution >= 0.6 is 23.2 Å². The average molecular weight is 297 g/mol. The van der Waals surface area contributed by atoms with Crippen LogP contribution < -0.4 is 10.1 Å². The van der Waals surface area contributed by atoms with Crippen LogP contribution in [-0.2, 0) is 6.54 Å². The van der Waals surface area contributed by atoms with E-state index in [-0.39, 0.29) is 0 Å². The minimum Gasteiger partial charge on any atom is -0.439 e. The molecule has 0 radical (unpaired) electrons. The molecule has 3 nitrogen and oxygen atoms in total. The van der Waals surface area contributed by atoms with Crippen molar-refractivity contribution < 1.29 is 4.74 Å². The zero-order valence-corrected chi connectivity index (χ0v) is 12.2. The number of nitrogens with zero attached hydrogens (tertiary/aromatic N) is 1. The Morgan fingerprint density at radius 1 is 1.16 bits per heavy atom. The predicted molar refractivity (Wildman–Crippen MR) is 78.3 cm³/mol. The molecule has 19 heavy (non-hydrogen) atoms. The van der Waals surface area contributed by atoms with Crippen LogP contribution in [0.4, 0.5) is 0 Å². The van der Waals surface area contributed by atoms with Gasteiger partial charge in [0.1, 0.15) is 5.75 Å². The number of aryl methyl sites for hydroxylation is 1. The lowest BCUT2D eigenvalue weighted by molar-refractivity contribution is 0.460. The molecule has 0 bridgehead atoms. The van der Waals surface area contributed by atoms with Crippen LogP contribution in [0.5, 0.6) is 11.6 Å². The van der Waals surface area contributed by atoms with Gasteiger partial charge in [-0.1, -0.05) is 23.2 Å². The summed E-state index contributed by atoms with van der Waals surface area (Å²) in [6, 6.07) is 9.00. The molecule has 0 fully saturated rings. The van der Waals surface area contributed by atoms with Gasteiger partial charge >= 0.3 is 0 Å². The summed E-state index contributed by atoms with van der Waals surface area (Å²) in [6.45, 7) is 2.52. The maximum atomic E-state index is 6.05. The van der Waals surface area contributed by atoms with Gasteiger partial charge in [-0.05, 0) is 43.8 Å². The van der Waals surface area contributed by atoms with Crippen LogP contribution in [0.2, 0.25) is 10.0 Å². The van der Waals surface area contributed by atoms with E-state index in [1.807, 2.05) is 26.1 Å². The number of rotatable bonds is 4. The fraction of sp³-hybridized carbons (Fsp3) is 0.214. The topological polar surface area (TPSA) is 34.2 Å². The first kappa shape index (κ1) is 14.1. The Bertz CT molecular complexity index is 588. The zero-order chi connectivity index (χ0) is 13.8. The Labute approximate surface area is 122 Å². The highest BCUT2D eigenvalue weighted by Crippen LogP contribution is 2.26. The van der Waals surface area contributed by atoms with Gasteiger partial charge in [0.25, 0.3) is 0 Å². The summed E-state index contributed by atoms with van der Waals surface area (Å²) in [5.74, 6) is 1.21. The van der Waals surface area contributed by atoms with Crippen molar-refractivity contribution in [3.05, 3.63) is 51.6 Å². The third kappa shape index (κ3) is 3.60. The van der Waals surface area contributed by atoms with Crippen LogP contribution in [0, 0.1) is 6.92 Å². The zero-order valence-electron chi connectivity index (χ0n) is 10.7. The minimum absolute atomic E-state index is 0.511. The first-order chi connectivity index (χ1) is 9.10. The van der Waals surface area contributed by atoms with Gasteiger partial charge < -0.3 is 10.1 Å². The molecule has 0 aliphatic rings. The molecule has 5 heteroatoms. The second-order valence-corrected chi connectivity index (χ2v) is 4.94. The highest BCUT2D eigenvalue weighted by atomic mass is 35.5. The Kier molecular flexibility index (Phi) is 4.64. The van der Waals surface area contributed by atoms with E-state index in [0.717, 1.165) is 11.3 Å². The minimum atomic E-state index is 0.511. The van der Waals surface area contributed by atoms with E-state index in [2.05, 4.69) is 10.3 Å². The van der Waals surface area contributed by atoms with Crippen LogP contribution in [0.3, 0.4) is 0 Å². The van der Waals surface area contributed by atoms with Gasteiger partial charge in [-0.15, -0.1) is 0 Å². The van der Waals surface area contributed by atoms with Crippen molar-refractivity contribution in [2.75, 3.05) is 7.05 Å². The predicted octanol–water partition coefficient (Wildman–Crippen LogP) is 4.21. The van der Waals surface area contributed by atoms with Crippen LogP contribution in [0.15, 0.2) is 30.3 Å². The first-order valence-corrected chi connectivity index (χ1v) is 6.60. The molecule has 0 atom stereocenters. The third-order valence-corrected chi connectivity index (χ3v) is 3.36. The van der Waals surface area contributed by atoms with Crippen molar-refractivity contribution in [2.24, 2.45) is 0 Å². The normalized spacial score (nSPS) is 10.5. The molecular formula is C14H14Cl2N2O. The van der Waals surface area contributed by atoms with Crippen molar-refractivity contribution in [1.82, 2.24) is 10.3 Å². The smallest absolute Gasteiger partial charge is 0.219 e. The molecule has 100 valence electrons. The van der Waals surface area contributed by atoms with Crippen molar-refractivity contribution >= 4 is 23.2 Å². The number of pyridine rings is 1. The fourth-order valence-corrected chi connectivity index (χ4v) is 1.90. The number of benzene rings is 1. The van der Waals surface area contributed by atoms with Crippen LogP contribution in [0.1, 0.15) is 11.3 Å². The number of halogens is 2. The number of nitrogens with one attached hydrogen (secondary N) is 1. The Morgan fingerprint density at radius 3 is 2.58 bits per heavy atom. The first-order valence-electron chi connectivity index (χ1n) is 5.84. The molecule has 2 rings (SSSR count). The maximum Gasteiger partial charge on any atom is 0.219 e. The third-order valence-electron chi connectivity index (χ3n) is 2.59. The molecule has 0 aliphatic carbocycles. The van der Waals surface area contributed by atoms with E-state index < -0.39 is 0 Å². The summed E-state index contributed by atoms with van der Waals surface area (Å²) in [5, 5.41) is 4.35. The number of ether oxygens (including phenoxy) is 1. The molecule has 1 heterocycles. The summed E-state index contributed by atoms with van der Waals surface area (Å²) in [7, 11) is 1.84. The van der Waals surface area contributed by atoms with Gasteiger partial charge in [0.15, 0.2) is 0 Å². The van der Waals surface area contributed by atoms with Gasteiger partial charge in [0, 0.05) is 17.6 Å². The number of aromatic nitrogens is 1. The van der Waals surface area contributed by atoms with Gasteiger partial charge in [-0.25, -0.2) is 4.98 Å². The Morgan fingerprint density at radius 2 is 1.89 bits per heavy atom. The molecule has 0 aliphatic heterocycles. The molecule has 0 saturated heterocycles. The Hall–Kier alpha value is -1.29. The highest BCUT2D eigenvalue weighted by molar-refractivity contribution is 6.31. The SMILES string of the molecule is CNCc1nc(Oc2ccc(Cl)c(C)c2)ccc1Cl. The monoisotopic (exact) mass is 296 g/mol. The number of hydrogen-bond donors (Lipinski definition) is 1. The molecular weight excluding hydrogens is 283 g/mol. The van der Waals surface area contributed by atoms with Crippen LogP contribution in [0.25, 0.3) is 0 Å². The summed E-state index contributed by atoms with van der Waals surface area (Å²) in [4.78, 5) is 4.36. The molecule has 0 unspecified atom stereocenters. The highest BCUT2D eigenvalue weighted by Gasteiger charge is 2.06. The molecule has 1 aromatic carbocycles. The van der Waals surface area contributed by atoms with Crippen molar-refractivity contribution in [2.45, 2.75) is 13.5 Å². The van der Waals surface area contributed by atoms with E-state index in [0.29, 0.717) is 28.2 Å². The van der Waals surface area contributed by atoms with Gasteiger partial charge in [-0.3, -0.25) is 0 Å². The number of hydrogen-bond acceptors (Lipinski definition) is 3. The lowest BCUT2D eigenvalue weighted by atomic mass is 10.2. The van der Waals surface area contributed by atoms with E-state index >= 15 is 0 Å². The molecule has 2 aromatic rings. The standard InChI is InChI=1S/C14H14Cl2N2O/c1-9-7-10(3-4-11(9)15)19-14-6-5-12(16)13(18-14)8-17-2/h3-7,17H,8H2,1-2H3. The second kappa shape index (κ2) is 6.24. The molecule has 0 spiro atoms. The van der Waals surface area contributed by atoms with E-state index in [1.165, 1.54) is 0 Å². The fourth-order valence-electron chi connectivity index (χ4n) is 1.61. The largest absolute Gasteiger partial charge is 0.439 e. The molecule has 0 amide bonds. The lowest BCUT2D eigenvalue weighted by Crippen LogP contribution is -2.07. The summed E-state index contributed by atoms with van der Waals surface area (Å²) < 4.78 is 5.70. The second-order valence-electron chi connectivity index (χ2n) is 4.12. The van der Waals surface area contributed by atoms with Gasteiger partial charge in [0.2, 0.25) is 5.88 Å². The van der Waals surface area contributed by atoms with Crippen molar-refractivity contribution in [3.63, 3.8) is 0 Å². The summed E-state index contributed by atoms with van der Waals surface area (Å²) >= 11 is 12.0. The molecule has 1 aromatic heterocycles. The Balaban J connectivity index is 2.22. The molecule has 0 saturated carbocycles. The van der Waals surface area contributed by atoms with Crippen molar-refractivity contribution in [1.29, 1.82) is 0 Å². The van der Waals surface area contributed by atoms with Gasteiger partial charge in [0.05, 0.1) is 10.7 Å². The van der Waals surface area contributed by atoms with E-state index in [9.17, 15) is 0 Å². The molecule has 1 N–H and O–H groups in total. The maximum absolute atomic E-state index is 6.05. The van der Waals surface area contributed by atoms with E-state index in [4.69, 9.17) is 27.9 Å². The summed E-state index contributed by atoms with van der Waals surface area (Å²) in [6.07, 6.45) is 0. The van der Waals surface area contributed by atoms with E-state index in [1.54, 1.807) is 18.2 Å².